The highest BCUT2D eigenvalue weighted by Gasteiger charge is 2.05. The summed E-state index contributed by atoms with van der Waals surface area (Å²) in [5.74, 6) is 1.07. The summed E-state index contributed by atoms with van der Waals surface area (Å²) < 4.78 is 0. The fourth-order valence-corrected chi connectivity index (χ4v) is 1.68. The lowest BCUT2D eigenvalue weighted by atomic mass is 10.2. The topological polar surface area (TPSA) is 60.9 Å². The van der Waals surface area contributed by atoms with Crippen molar-refractivity contribution in [3.8, 4) is 0 Å². The summed E-state index contributed by atoms with van der Waals surface area (Å²) in [6.07, 6.45) is 4.79. The molecule has 0 aliphatic heterocycles. The van der Waals surface area contributed by atoms with Gasteiger partial charge >= 0.3 is 0 Å². The van der Waals surface area contributed by atoms with Crippen molar-refractivity contribution >= 4 is 11.8 Å². The predicted molar refractivity (Wildman–Crippen MR) is 59.3 cm³/mol. The second-order valence-electron chi connectivity index (χ2n) is 3.12. The van der Waals surface area contributed by atoms with Crippen molar-refractivity contribution in [3.05, 3.63) is 18.0 Å². The number of aromatic nitrogens is 2. The van der Waals surface area contributed by atoms with Crippen LogP contribution in [0.1, 0.15) is 12.1 Å². The lowest BCUT2D eigenvalue weighted by molar-refractivity contribution is 0.238. The normalized spacial score (nSPS) is 13.0. The Hall–Kier alpha value is -0.520. The molecule has 1 rings (SSSR count). The fraction of sp³-hybridized carbons (Fsp3) is 0.667. The number of nitrogens with one attached hydrogen (secondary N) is 2. The SMILES string of the molecule is CSCCC(CO)NCc1ccn[nH]1. The Balaban J connectivity index is 2.20. The highest BCUT2D eigenvalue weighted by molar-refractivity contribution is 7.98. The van der Waals surface area contributed by atoms with Gasteiger partial charge in [0, 0.05) is 24.5 Å². The molecule has 5 heteroatoms. The maximum absolute atomic E-state index is 9.08. The average molecular weight is 215 g/mol. The van der Waals surface area contributed by atoms with Crippen LogP contribution >= 0.6 is 11.8 Å². The van der Waals surface area contributed by atoms with Crippen molar-refractivity contribution in [1.29, 1.82) is 0 Å². The van der Waals surface area contributed by atoms with Gasteiger partial charge in [0.2, 0.25) is 0 Å². The van der Waals surface area contributed by atoms with Gasteiger partial charge in [0.25, 0.3) is 0 Å². The lowest BCUT2D eigenvalue weighted by Gasteiger charge is -2.14. The molecule has 1 unspecified atom stereocenters. The number of thioether (sulfide) groups is 1. The van der Waals surface area contributed by atoms with E-state index in [1.807, 2.05) is 6.07 Å². The monoisotopic (exact) mass is 215 g/mol. The molecule has 0 amide bonds. The van der Waals surface area contributed by atoms with Gasteiger partial charge in [0.1, 0.15) is 0 Å². The number of nitrogens with zero attached hydrogens (tertiary/aromatic N) is 1. The molecule has 0 spiro atoms. The molecule has 80 valence electrons. The minimum Gasteiger partial charge on any atom is -0.395 e. The molecule has 4 nitrogen and oxygen atoms in total. The highest BCUT2D eigenvalue weighted by Crippen LogP contribution is 2.01. The van der Waals surface area contributed by atoms with Crippen LogP contribution in [0.25, 0.3) is 0 Å². The Morgan fingerprint density at radius 1 is 1.71 bits per heavy atom. The maximum atomic E-state index is 9.08. The quantitative estimate of drug-likeness (QED) is 0.624. The van der Waals surface area contributed by atoms with Crippen LogP contribution in [-0.2, 0) is 6.54 Å². The van der Waals surface area contributed by atoms with Crippen LogP contribution in [0, 0.1) is 0 Å². The van der Waals surface area contributed by atoms with Crippen molar-refractivity contribution < 1.29 is 5.11 Å². The standard InChI is InChI=1S/C9H17N3OS/c1-14-5-3-9(7-13)10-6-8-2-4-11-12-8/h2,4,9-10,13H,3,5-7H2,1H3,(H,11,12). The van der Waals surface area contributed by atoms with E-state index in [1.54, 1.807) is 18.0 Å². The molecule has 0 saturated heterocycles. The molecule has 0 aliphatic carbocycles. The summed E-state index contributed by atoms with van der Waals surface area (Å²) in [6, 6.07) is 2.11. The number of hydrogen-bond acceptors (Lipinski definition) is 4. The summed E-state index contributed by atoms with van der Waals surface area (Å²) in [5, 5.41) is 19.1. The number of hydrogen-bond donors (Lipinski definition) is 3. The minimum absolute atomic E-state index is 0.186. The van der Waals surface area contributed by atoms with Gasteiger partial charge in [0.05, 0.1) is 6.61 Å². The third-order valence-corrected chi connectivity index (χ3v) is 2.67. The van der Waals surface area contributed by atoms with Gasteiger partial charge in [-0.1, -0.05) is 0 Å². The Kier molecular flexibility index (Phi) is 5.66. The number of aliphatic hydroxyl groups is 1. The Bertz CT molecular complexity index is 228. The number of aliphatic hydroxyl groups excluding tert-OH is 1. The second kappa shape index (κ2) is 6.86. The van der Waals surface area contributed by atoms with Gasteiger partial charge in [-0.25, -0.2) is 0 Å². The van der Waals surface area contributed by atoms with Gasteiger partial charge in [-0.2, -0.15) is 16.9 Å². The molecule has 0 aromatic carbocycles. The van der Waals surface area contributed by atoms with Crippen molar-refractivity contribution in [2.24, 2.45) is 0 Å². The molecular formula is C9H17N3OS. The van der Waals surface area contributed by atoms with Crippen LogP contribution in [0.3, 0.4) is 0 Å². The molecule has 1 aromatic heterocycles. The predicted octanol–water partition coefficient (Wildman–Crippen LogP) is 0.613. The summed E-state index contributed by atoms with van der Waals surface area (Å²) in [6.45, 7) is 0.925. The van der Waals surface area contributed by atoms with E-state index in [0.29, 0.717) is 0 Å². The largest absolute Gasteiger partial charge is 0.395 e. The van der Waals surface area contributed by atoms with Crippen molar-refractivity contribution in [3.63, 3.8) is 0 Å². The zero-order chi connectivity index (χ0) is 10.2. The van der Waals surface area contributed by atoms with E-state index in [-0.39, 0.29) is 12.6 Å². The minimum atomic E-state index is 0.186. The Labute approximate surface area is 88.5 Å². The van der Waals surface area contributed by atoms with E-state index in [4.69, 9.17) is 5.11 Å². The van der Waals surface area contributed by atoms with Crippen LogP contribution in [0.5, 0.6) is 0 Å². The third kappa shape index (κ3) is 4.13. The van der Waals surface area contributed by atoms with E-state index in [1.165, 1.54) is 0 Å². The van der Waals surface area contributed by atoms with E-state index in [2.05, 4.69) is 21.8 Å². The zero-order valence-electron chi connectivity index (χ0n) is 8.36. The molecule has 3 N–H and O–H groups in total. The maximum Gasteiger partial charge on any atom is 0.0585 e. The van der Waals surface area contributed by atoms with Crippen LogP contribution in [0.15, 0.2) is 12.3 Å². The second-order valence-corrected chi connectivity index (χ2v) is 4.11. The summed E-state index contributed by atoms with van der Waals surface area (Å²) >= 11 is 1.80. The van der Waals surface area contributed by atoms with E-state index in [0.717, 1.165) is 24.4 Å². The van der Waals surface area contributed by atoms with E-state index < -0.39 is 0 Å². The molecule has 14 heavy (non-hydrogen) atoms. The summed E-state index contributed by atoms with van der Waals surface area (Å²) in [4.78, 5) is 0. The van der Waals surface area contributed by atoms with Gasteiger partial charge < -0.3 is 10.4 Å². The average Bonchev–Trinajstić information content (AvgIpc) is 2.71. The first-order valence-electron chi connectivity index (χ1n) is 4.68. The molecule has 1 atom stereocenters. The van der Waals surface area contributed by atoms with Gasteiger partial charge in [-0.05, 0) is 24.5 Å². The van der Waals surface area contributed by atoms with Crippen molar-refractivity contribution in [2.45, 2.75) is 19.0 Å². The molecule has 1 heterocycles. The van der Waals surface area contributed by atoms with E-state index >= 15 is 0 Å². The first kappa shape index (κ1) is 11.6. The molecule has 0 aliphatic rings. The smallest absolute Gasteiger partial charge is 0.0585 e. The van der Waals surface area contributed by atoms with E-state index in [9.17, 15) is 0 Å². The Morgan fingerprint density at radius 2 is 2.57 bits per heavy atom. The van der Waals surface area contributed by atoms with Crippen molar-refractivity contribution in [1.82, 2.24) is 15.5 Å². The first-order valence-corrected chi connectivity index (χ1v) is 6.07. The lowest BCUT2D eigenvalue weighted by Crippen LogP contribution is -2.32. The molecule has 0 fully saturated rings. The number of rotatable bonds is 7. The molecular weight excluding hydrogens is 198 g/mol. The molecule has 0 saturated carbocycles. The van der Waals surface area contributed by atoms with Gasteiger partial charge in [0.15, 0.2) is 0 Å². The molecule has 1 aromatic rings. The first-order chi connectivity index (χ1) is 6.86. The Morgan fingerprint density at radius 3 is 3.14 bits per heavy atom. The fourth-order valence-electron chi connectivity index (χ4n) is 1.16. The van der Waals surface area contributed by atoms with Crippen molar-refractivity contribution in [2.75, 3.05) is 18.6 Å². The van der Waals surface area contributed by atoms with Crippen LogP contribution in [0.2, 0.25) is 0 Å². The summed E-state index contributed by atoms with van der Waals surface area (Å²) in [7, 11) is 0. The van der Waals surface area contributed by atoms with Crippen LogP contribution in [-0.4, -0.2) is 40.0 Å². The number of aromatic amines is 1. The summed E-state index contributed by atoms with van der Waals surface area (Å²) in [5.41, 5.74) is 1.05. The van der Waals surface area contributed by atoms with Crippen LogP contribution < -0.4 is 5.32 Å². The molecule has 0 bridgehead atoms. The van der Waals surface area contributed by atoms with Gasteiger partial charge in [-0.3, -0.25) is 5.10 Å². The third-order valence-electron chi connectivity index (χ3n) is 2.03. The molecule has 0 radical (unpaired) electrons. The number of H-pyrrole nitrogens is 1. The highest BCUT2D eigenvalue weighted by atomic mass is 32.2. The zero-order valence-corrected chi connectivity index (χ0v) is 9.18. The van der Waals surface area contributed by atoms with Gasteiger partial charge in [-0.15, -0.1) is 0 Å². The van der Waals surface area contributed by atoms with Crippen LogP contribution in [0.4, 0.5) is 0 Å².